The van der Waals surface area contributed by atoms with Crippen molar-refractivity contribution in [1.29, 1.82) is 0 Å². The zero-order valence-corrected chi connectivity index (χ0v) is 18.0. The third-order valence-electron chi connectivity index (χ3n) is 5.19. The Bertz CT molecular complexity index is 1370. The third kappa shape index (κ3) is 4.49. The number of aromatic nitrogens is 7. The van der Waals surface area contributed by atoms with E-state index in [1.54, 1.807) is 22.4 Å². The number of benzene rings is 1. The van der Waals surface area contributed by atoms with Gasteiger partial charge in [0.1, 0.15) is 12.4 Å². The lowest BCUT2D eigenvalue weighted by Crippen LogP contribution is -2.14. The Balaban J connectivity index is 1.32. The number of carbonyl (C=O) groups is 1. The summed E-state index contributed by atoms with van der Waals surface area (Å²) in [6.45, 7) is 0.159. The molecule has 3 heterocycles. The number of amides is 1. The van der Waals surface area contributed by atoms with E-state index in [0.717, 1.165) is 29.4 Å². The normalized spacial score (nSPS) is 13.2. The molecule has 0 atom stereocenters. The molecule has 1 aliphatic carbocycles. The number of aryl methyl sites for hydroxylation is 1. The molecule has 10 nitrogen and oxygen atoms in total. The first-order chi connectivity index (χ1) is 16.2. The maximum atomic E-state index is 12.4. The molecule has 166 valence electrons. The standard InChI is InChI=1S/C23H22N8O2/c1-30-22(27-28-29-30)31-19-12-6-5-11-18(19)25-23(31)33-15-17-10-7-13-20(24-17)26-21(32)14-16-8-3-2-4-9-16/h3,5-13H,2,4,14-15H2,1H3,(H,24,26,32). The van der Waals surface area contributed by atoms with Gasteiger partial charge in [0.15, 0.2) is 0 Å². The first-order valence-electron chi connectivity index (χ1n) is 10.6. The molecular formula is C23H22N8O2. The number of anilines is 1. The van der Waals surface area contributed by atoms with Crippen LogP contribution in [0.5, 0.6) is 6.01 Å². The first kappa shape index (κ1) is 20.6. The molecule has 0 saturated heterocycles. The van der Waals surface area contributed by atoms with Gasteiger partial charge >= 0.3 is 6.01 Å². The van der Waals surface area contributed by atoms with E-state index in [1.807, 2.05) is 42.5 Å². The fourth-order valence-electron chi connectivity index (χ4n) is 3.65. The monoisotopic (exact) mass is 442 g/mol. The highest BCUT2D eigenvalue weighted by molar-refractivity contribution is 5.91. The van der Waals surface area contributed by atoms with Crippen LogP contribution in [-0.2, 0) is 18.4 Å². The van der Waals surface area contributed by atoms with Crippen LogP contribution in [-0.4, -0.2) is 40.6 Å². The van der Waals surface area contributed by atoms with Crippen LogP contribution in [0.4, 0.5) is 5.82 Å². The molecule has 4 aromatic rings. The lowest BCUT2D eigenvalue weighted by atomic mass is 10.0. The number of nitrogens with one attached hydrogen (secondary N) is 1. The van der Waals surface area contributed by atoms with E-state index >= 15 is 0 Å². The van der Waals surface area contributed by atoms with E-state index in [2.05, 4.69) is 43.0 Å². The number of imidazole rings is 1. The van der Waals surface area contributed by atoms with Gasteiger partial charge in [0.25, 0.3) is 5.95 Å². The van der Waals surface area contributed by atoms with E-state index in [-0.39, 0.29) is 12.5 Å². The van der Waals surface area contributed by atoms with Crippen LogP contribution < -0.4 is 10.1 Å². The Labute approximate surface area is 189 Å². The SMILES string of the molecule is Cn1nnnc1-n1c(OCc2cccc(NC(=O)CC3=CCCC=C3)n2)nc2ccccc21. The molecule has 3 aromatic heterocycles. The van der Waals surface area contributed by atoms with Gasteiger partial charge in [0, 0.05) is 7.05 Å². The number of rotatable bonds is 7. The number of pyridine rings is 1. The number of nitrogens with zero attached hydrogens (tertiary/aromatic N) is 7. The zero-order valence-electron chi connectivity index (χ0n) is 18.0. The number of hydrogen-bond donors (Lipinski definition) is 1. The van der Waals surface area contributed by atoms with Gasteiger partial charge in [-0.15, -0.1) is 0 Å². The predicted octanol–water partition coefficient (Wildman–Crippen LogP) is 3.13. The van der Waals surface area contributed by atoms with Crippen molar-refractivity contribution in [1.82, 2.24) is 34.7 Å². The lowest BCUT2D eigenvalue weighted by molar-refractivity contribution is -0.115. The molecule has 33 heavy (non-hydrogen) atoms. The van der Waals surface area contributed by atoms with Gasteiger partial charge < -0.3 is 10.1 Å². The summed E-state index contributed by atoms with van der Waals surface area (Å²) >= 11 is 0. The van der Waals surface area contributed by atoms with Crippen LogP contribution in [0.3, 0.4) is 0 Å². The second-order valence-corrected chi connectivity index (χ2v) is 7.61. The Morgan fingerprint density at radius 1 is 1.12 bits per heavy atom. The molecule has 5 rings (SSSR count). The largest absolute Gasteiger partial charge is 0.458 e. The van der Waals surface area contributed by atoms with E-state index in [9.17, 15) is 4.79 Å². The Morgan fingerprint density at radius 2 is 2.03 bits per heavy atom. The first-order valence-corrected chi connectivity index (χ1v) is 10.6. The van der Waals surface area contributed by atoms with Gasteiger partial charge in [-0.2, -0.15) is 4.98 Å². The highest BCUT2D eigenvalue weighted by Gasteiger charge is 2.18. The highest BCUT2D eigenvalue weighted by atomic mass is 16.5. The molecule has 1 N–H and O–H groups in total. The lowest BCUT2D eigenvalue weighted by Gasteiger charge is -2.10. The zero-order chi connectivity index (χ0) is 22.6. The Kier molecular flexibility index (Phi) is 5.62. The second kappa shape index (κ2) is 9.03. The van der Waals surface area contributed by atoms with Gasteiger partial charge in [0.05, 0.1) is 23.1 Å². The molecule has 0 radical (unpaired) electrons. The minimum Gasteiger partial charge on any atom is -0.458 e. The summed E-state index contributed by atoms with van der Waals surface area (Å²) in [7, 11) is 1.75. The van der Waals surface area contributed by atoms with Crippen LogP contribution in [0.2, 0.25) is 0 Å². The highest BCUT2D eigenvalue weighted by Crippen LogP contribution is 2.25. The van der Waals surface area contributed by atoms with Gasteiger partial charge in [-0.25, -0.2) is 14.2 Å². The predicted molar refractivity (Wildman–Crippen MR) is 122 cm³/mol. The van der Waals surface area contributed by atoms with Crippen molar-refractivity contribution in [3.63, 3.8) is 0 Å². The number of allylic oxidation sites excluding steroid dienone is 3. The number of carbonyl (C=O) groups excluding carboxylic acids is 1. The van der Waals surface area contributed by atoms with Crippen LogP contribution >= 0.6 is 0 Å². The van der Waals surface area contributed by atoms with Crippen LogP contribution in [0.25, 0.3) is 17.0 Å². The van der Waals surface area contributed by atoms with Crippen LogP contribution in [0.15, 0.2) is 66.3 Å². The summed E-state index contributed by atoms with van der Waals surface area (Å²) in [6.07, 6.45) is 8.50. The van der Waals surface area contributed by atoms with Crippen molar-refractivity contribution < 1.29 is 9.53 Å². The number of ether oxygens (including phenoxy) is 1. The Morgan fingerprint density at radius 3 is 2.85 bits per heavy atom. The summed E-state index contributed by atoms with van der Waals surface area (Å²) in [5.41, 5.74) is 3.26. The minimum atomic E-state index is -0.102. The fraction of sp³-hybridized carbons (Fsp3) is 0.217. The van der Waals surface area contributed by atoms with Crippen molar-refractivity contribution >= 4 is 22.8 Å². The average Bonchev–Trinajstić information content (AvgIpc) is 3.41. The quantitative estimate of drug-likeness (QED) is 0.468. The van der Waals surface area contributed by atoms with Crippen molar-refractivity contribution in [2.75, 3.05) is 5.32 Å². The number of tetrazole rings is 1. The molecular weight excluding hydrogens is 420 g/mol. The van der Waals surface area contributed by atoms with E-state index in [1.165, 1.54) is 0 Å². The number of para-hydroxylation sites is 2. The fourth-order valence-corrected chi connectivity index (χ4v) is 3.65. The van der Waals surface area contributed by atoms with Gasteiger partial charge in [-0.05, 0) is 53.1 Å². The second-order valence-electron chi connectivity index (χ2n) is 7.61. The molecule has 1 amide bonds. The summed E-state index contributed by atoms with van der Waals surface area (Å²) < 4.78 is 9.32. The van der Waals surface area contributed by atoms with Gasteiger partial charge in [0.2, 0.25) is 5.91 Å². The maximum absolute atomic E-state index is 12.4. The number of hydrogen-bond acceptors (Lipinski definition) is 7. The molecule has 1 aliphatic rings. The molecule has 10 heteroatoms. The van der Waals surface area contributed by atoms with Crippen molar-refractivity contribution in [2.24, 2.45) is 7.05 Å². The third-order valence-corrected chi connectivity index (χ3v) is 5.19. The molecule has 1 aromatic carbocycles. The molecule has 0 spiro atoms. The van der Waals surface area contributed by atoms with Gasteiger partial charge in [-0.1, -0.05) is 41.5 Å². The van der Waals surface area contributed by atoms with Crippen LogP contribution in [0.1, 0.15) is 25.0 Å². The van der Waals surface area contributed by atoms with E-state index < -0.39 is 0 Å². The average molecular weight is 442 g/mol. The van der Waals surface area contributed by atoms with Crippen molar-refractivity contribution in [3.05, 3.63) is 72.0 Å². The van der Waals surface area contributed by atoms with Crippen molar-refractivity contribution in [3.8, 4) is 12.0 Å². The molecule has 0 fully saturated rings. The van der Waals surface area contributed by atoms with E-state index in [0.29, 0.717) is 29.9 Å². The smallest absolute Gasteiger partial charge is 0.305 e. The van der Waals surface area contributed by atoms with E-state index in [4.69, 9.17) is 4.74 Å². The topological polar surface area (TPSA) is 113 Å². The van der Waals surface area contributed by atoms with Crippen molar-refractivity contribution in [2.45, 2.75) is 25.9 Å². The maximum Gasteiger partial charge on any atom is 0.305 e. The minimum absolute atomic E-state index is 0.102. The summed E-state index contributed by atoms with van der Waals surface area (Å²) in [5.74, 6) is 0.862. The van der Waals surface area contributed by atoms with Crippen LogP contribution in [0, 0.1) is 0 Å². The molecule has 0 aliphatic heterocycles. The number of fused-ring (bicyclic) bond motifs is 1. The molecule has 0 bridgehead atoms. The summed E-state index contributed by atoms with van der Waals surface area (Å²) in [5, 5.41) is 14.6. The summed E-state index contributed by atoms with van der Waals surface area (Å²) in [6, 6.07) is 13.4. The molecule has 0 unspecified atom stereocenters. The molecule has 0 saturated carbocycles. The summed E-state index contributed by atoms with van der Waals surface area (Å²) in [4.78, 5) is 21.5. The Hall–Kier alpha value is -4.34. The van der Waals surface area contributed by atoms with Gasteiger partial charge in [-0.3, -0.25) is 4.79 Å².